The van der Waals surface area contributed by atoms with Crippen molar-refractivity contribution in [3.63, 3.8) is 0 Å². The first-order valence-corrected chi connectivity index (χ1v) is 16.1. The van der Waals surface area contributed by atoms with Gasteiger partial charge in [-0.25, -0.2) is 0 Å². The number of aromatic nitrogens is 2. The molecule has 0 bridgehead atoms. The first-order valence-electron chi connectivity index (χ1n) is 16.1. The fourth-order valence-electron chi connectivity index (χ4n) is 7.17. The molecule has 0 amide bonds. The largest absolute Gasteiger partial charge is 0.416 e. The van der Waals surface area contributed by atoms with Crippen molar-refractivity contribution < 1.29 is 13.2 Å². The number of nitriles is 6. The van der Waals surface area contributed by atoms with Crippen molar-refractivity contribution in [1.82, 2.24) is 9.13 Å². The molecule has 0 saturated heterocycles. The molecule has 0 aliphatic heterocycles. The maximum atomic E-state index is 14.3. The van der Waals surface area contributed by atoms with Gasteiger partial charge in [-0.05, 0) is 78.4 Å². The highest BCUT2D eigenvalue weighted by Gasteiger charge is 2.32. The second-order valence-corrected chi connectivity index (χ2v) is 12.4. The molecule has 0 saturated carbocycles. The number of hydrogen-bond acceptors (Lipinski definition) is 6. The first-order chi connectivity index (χ1) is 26.1. The zero-order valence-electron chi connectivity index (χ0n) is 27.5. The van der Waals surface area contributed by atoms with Gasteiger partial charge in [0.2, 0.25) is 0 Å². The maximum Gasteiger partial charge on any atom is 0.416 e. The molecular weight excluding hydrogens is 686 g/mol. The van der Waals surface area contributed by atoms with Gasteiger partial charge >= 0.3 is 6.18 Å². The highest BCUT2D eigenvalue weighted by Crippen LogP contribution is 2.43. The highest BCUT2D eigenvalue weighted by atomic mass is 19.4. The lowest BCUT2D eigenvalue weighted by molar-refractivity contribution is -0.137. The summed E-state index contributed by atoms with van der Waals surface area (Å²) in [5, 5.41) is 63.3. The topological polar surface area (TPSA) is 153 Å². The molecule has 0 fully saturated rings. The van der Waals surface area contributed by atoms with Gasteiger partial charge in [0.05, 0.1) is 97.2 Å². The van der Waals surface area contributed by atoms with Gasteiger partial charge in [0, 0.05) is 27.1 Å². The van der Waals surface area contributed by atoms with Crippen LogP contribution >= 0.6 is 0 Å². The molecule has 0 radical (unpaired) electrons. The van der Waals surface area contributed by atoms with Gasteiger partial charge in [-0.3, -0.25) is 0 Å². The SMILES string of the molecule is N#Cc1cc(-c2ccc(-n3c4cc(C#N)ccc4c4ccc(C#N)cc43)c(C#N)c2-n2c3cc(C#N)ccc3c3ccc(C#N)cc32)cc(C(F)(F)F)c1. The van der Waals surface area contributed by atoms with Crippen molar-refractivity contribution in [3.8, 4) is 58.9 Å². The summed E-state index contributed by atoms with van der Waals surface area (Å²) < 4.78 is 46.3. The van der Waals surface area contributed by atoms with Gasteiger partial charge in [0.15, 0.2) is 0 Å². The highest BCUT2D eigenvalue weighted by molar-refractivity contribution is 6.12. The summed E-state index contributed by atoms with van der Waals surface area (Å²) in [6.07, 6.45) is -4.81. The number of halogens is 3. The van der Waals surface area contributed by atoms with Crippen molar-refractivity contribution in [1.29, 1.82) is 31.6 Å². The molecule has 8 rings (SSSR count). The smallest absolute Gasteiger partial charge is 0.308 e. The fraction of sp³-hybridized carbons (Fsp3) is 0.0233. The fourth-order valence-corrected chi connectivity index (χ4v) is 7.17. The van der Waals surface area contributed by atoms with Gasteiger partial charge in [0.25, 0.3) is 0 Å². The summed E-state index contributed by atoms with van der Waals surface area (Å²) in [4.78, 5) is 0. The van der Waals surface area contributed by atoms with Crippen molar-refractivity contribution >= 4 is 43.6 Å². The lowest BCUT2D eigenvalue weighted by Crippen LogP contribution is -2.08. The Balaban J connectivity index is 1.62. The van der Waals surface area contributed by atoms with E-state index in [2.05, 4.69) is 30.3 Å². The van der Waals surface area contributed by atoms with Gasteiger partial charge in [-0.1, -0.05) is 30.3 Å². The molecule has 0 aliphatic rings. The molecule has 0 unspecified atom stereocenters. The van der Waals surface area contributed by atoms with Gasteiger partial charge in [0.1, 0.15) is 11.6 Å². The minimum absolute atomic E-state index is 0.0111. The summed E-state index contributed by atoms with van der Waals surface area (Å²) in [6, 6.07) is 38.8. The lowest BCUT2D eigenvalue weighted by atomic mass is 9.95. The lowest BCUT2D eigenvalue weighted by Gasteiger charge is -2.21. The average molecular weight is 703 g/mol. The number of alkyl halides is 3. The van der Waals surface area contributed by atoms with Crippen molar-refractivity contribution in [2.75, 3.05) is 0 Å². The predicted molar refractivity (Wildman–Crippen MR) is 194 cm³/mol. The second kappa shape index (κ2) is 12.2. The molecular formula is C43H17F3N8. The third-order valence-corrected chi connectivity index (χ3v) is 9.48. The molecule has 8 nitrogen and oxygen atoms in total. The van der Waals surface area contributed by atoms with Crippen LogP contribution in [-0.2, 0) is 6.18 Å². The number of nitrogens with zero attached hydrogens (tertiary/aromatic N) is 8. The summed E-state index contributed by atoms with van der Waals surface area (Å²) >= 11 is 0. The van der Waals surface area contributed by atoms with Crippen LogP contribution in [0, 0.1) is 68.0 Å². The maximum absolute atomic E-state index is 14.3. The van der Waals surface area contributed by atoms with E-state index in [1.807, 2.05) is 6.07 Å². The van der Waals surface area contributed by atoms with Crippen molar-refractivity contribution in [3.05, 3.63) is 142 Å². The molecule has 0 aliphatic carbocycles. The third-order valence-electron chi connectivity index (χ3n) is 9.48. The van der Waals surface area contributed by atoms with E-state index in [0.29, 0.717) is 54.7 Å². The molecule has 0 N–H and O–H groups in total. The Labute approximate surface area is 304 Å². The van der Waals surface area contributed by atoms with Crippen LogP contribution in [0.4, 0.5) is 13.2 Å². The van der Waals surface area contributed by atoms with Crippen LogP contribution in [-0.4, -0.2) is 9.13 Å². The molecule has 8 aromatic rings. The Morgan fingerprint density at radius 3 is 1.24 bits per heavy atom. The zero-order valence-corrected chi connectivity index (χ0v) is 27.5. The Morgan fingerprint density at radius 1 is 0.426 bits per heavy atom. The second-order valence-electron chi connectivity index (χ2n) is 12.4. The van der Waals surface area contributed by atoms with E-state index in [-0.39, 0.29) is 44.8 Å². The van der Waals surface area contributed by atoms with E-state index >= 15 is 0 Å². The van der Waals surface area contributed by atoms with Crippen LogP contribution in [0.3, 0.4) is 0 Å². The summed E-state index contributed by atoms with van der Waals surface area (Å²) in [6.45, 7) is 0. The number of fused-ring (bicyclic) bond motifs is 6. The van der Waals surface area contributed by atoms with Crippen LogP contribution in [0.1, 0.15) is 38.9 Å². The number of benzene rings is 6. The minimum atomic E-state index is -4.81. The van der Waals surface area contributed by atoms with Gasteiger partial charge in [-0.2, -0.15) is 44.7 Å². The summed E-state index contributed by atoms with van der Waals surface area (Å²) in [5.41, 5.74) is 2.29. The molecule has 0 spiro atoms. The zero-order chi connectivity index (χ0) is 37.9. The van der Waals surface area contributed by atoms with E-state index in [9.17, 15) is 44.7 Å². The molecule has 0 atom stereocenters. The molecule has 2 heterocycles. The van der Waals surface area contributed by atoms with Crippen LogP contribution in [0.25, 0.3) is 66.1 Å². The van der Waals surface area contributed by atoms with Gasteiger partial charge < -0.3 is 9.13 Å². The monoisotopic (exact) mass is 702 g/mol. The molecule has 6 aromatic carbocycles. The molecule has 250 valence electrons. The normalized spacial score (nSPS) is 11.1. The minimum Gasteiger partial charge on any atom is -0.308 e. The molecule has 11 heteroatoms. The summed E-state index contributed by atoms with van der Waals surface area (Å²) in [5.74, 6) is 0. The Bertz CT molecular complexity index is 3090. The van der Waals surface area contributed by atoms with E-state index < -0.39 is 11.7 Å². The Hall–Kier alpha value is -8.35. The van der Waals surface area contributed by atoms with Crippen LogP contribution < -0.4 is 0 Å². The number of hydrogen-bond donors (Lipinski definition) is 0. The van der Waals surface area contributed by atoms with Crippen LogP contribution in [0.2, 0.25) is 0 Å². The standard InChI is InChI=1S/C43H17F3N8/c44-43(45,46)30-12-28(22-51)11-29(17-30)31-9-10-37(53-38-13-24(18-47)1-5-32(38)33-6-2-25(19-48)14-39(33)53)36(23-52)42(31)54-40-15-26(20-49)3-7-34(40)35-8-4-27(21-50)16-41(35)54/h1-17H. The first kappa shape index (κ1) is 32.8. The van der Waals surface area contributed by atoms with Crippen LogP contribution in [0.15, 0.2) is 103 Å². The van der Waals surface area contributed by atoms with E-state index in [1.165, 1.54) is 6.07 Å². The summed E-state index contributed by atoms with van der Waals surface area (Å²) in [7, 11) is 0. The third kappa shape index (κ3) is 4.95. The number of rotatable bonds is 3. The predicted octanol–water partition coefficient (Wildman–Crippen LogP) is 9.80. The molecule has 54 heavy (non-hydrogen) atoms. The quantitative estimate of drug-likeness (QED) is 0.179. The van der Waals surface area contributed by atoms with E-state index in [0.717, 1.165) is 12.1 Å². The van der Waals surface area contributed by atoms with Crippen molar-refractivity contribution in [2.24, 2.45) is 0 Å². The average Bonchev–Trinajstić information content (AvgIpc) is 3.69. The van der Waals surface area contributed by atoms with Gasteiger partial charge in [-0.15, -0.1) is 0 Å². The van der Waals surface area contributed by atoms with E-state index in [4.69, 9.17) is 0 Å². The van der Waals surface area contributed by atoms with Crippen molar-refractivity contribution in [2.45, 2.75) is 6.18 Å². The van der Waals surface area contributed by atoms with E-state index in [1.54, 1.807) is 94.1 Å². The Morgan fingerprint density at radius 2 is 0.852 bits per heavy atom. The molecule has 2 aromatic heterocycles. The Kier molecular flexibility index (Phi) is 7.39. The van der Waals surface area contributed by atoms with Crippen LogP contribution in [0.5, 0.6) is 0 Å².